The highest BCUT2D eigenvalue weighted by atomic mass is 16.7. The first-order valence-corrected chi connectivity index (χ1v) is 4.52. The maximum Gasteiger partial charge on any atom is 0.385 e. The molecule has 0 spiro atoms. The summed E-state index contributed by atoms with van der Waals surface area (Å²) in [6, 6.07) is 0. The topological polar surface area (TPSA) is 42.3 Å². The van der Waals surface area contributed by atoms with Crippen LogP contribution >= 0.6 is 0 Å². The van der Waals surface area contributed by atoms with Crippen molar-refractivity contribution in [2.45, 2.75) is 34.1 Å². The molecule has 0 bridgehead atoms. The van der Waals surface area contributed by atoms with Crippen molar-refractivity contribution in [1.29, 1.82) is 5.41 Å². The van der Waals surface area contributed by atoms with E-state index in [1.807, 2.05) is 20.8 Å². The SMILES string of the molecule is CC/C(C)=C(/OC(=N)OC)C(C)C. The molecule has 0 heterocycles. The van der Waals surface area contributed by atoms with Crippen LogP contribution in [0.2, 0.25) is 0 Å². The predicted molar refractivity (Wildman–Crippen MR) is 53.6 cm³/mol. The van der Waals surface area contributed by atoms with Crippen LogP contribution in [0.15, 0.2) is 11.3 Å². The van der Waals surface area contributed by atoms with Gasteiger partial charge in [-0.1, -0.05) is 20.8 Å². The lowest BCUT2D eigenvalue weighted by molar-refractivity contribution is 0.224. The van der Waals surface area contributed by atoms with Gasteiger partial charge < -0.3 is 9.47 Å². The van der Waals surface area contributed by atoms with E-state index in [0.717, 1.165) is 17.8 Å². The van der Waals surface area contributed by atoms with E-state index in [1.165, 1.54) is 7.11 Å². The number of rotatable bonds is 3. The first kappa shape index (κ1) is 12.0. The second-order valence-corrected chi connectivity index (χ2v) is 3.25. The van der Waals surface area contributed by atoms with E-state index in [1.54, 1.807) is 0 Å². The van der Waals surface area contributed by atoms with Gasteiger partial charge in [0.2, 0.25) is 0 Å². The fourth-order valence-corrected chi connectivity index (χ4v) is 1.01. The van der Waals surface area contributed by atoms with Gasteiger partial charge >= 0.3 is 6.08 Å². The van der Waals surface area contributed by atoms with Gasteiger partial charge in [0.25, 0.3) is 0 Å². The van der Waals surface area contributed by atoms with E-state index in [2.05, 4.69) is 11.7 Å². The van der Waals surface area contributed by atoms with Crippen molar-refractivity contribution in [2.24, 2.45) is 5.92 Å². The Bertz CT molecular complexity index is 207. The third kappa shape index (κ3) is 3.97. The van der Waals surface area contributed by atoms with E-state index < -0.39 is 0 Å². The summed E-state index contributed by atoms with van der Waals surface area (Å²) in [6.45, 7) is 8.16. The van der Waals surface area contributed by atoms with E-state index in [-0.39, 0.29) is 12.0 Å². The molecule has 0 fully saturated rings. The standard InChI is InChI=1S/C10H19NO2/c1-6-8(4)9(7(2)3)13-10(11)12-5/h7,11H,6H2,1-5H3/b9-8+,11-10?. The zero-order valence-corrected chi connectivity index (χ0v) is 9.10. The Morgan fingerprint density at radius 3 is 2.23 bits per heavy atom. The predicted octanol–water partition coefficient (Wildman–Crippen LogP) is 2.92. The summed E-state index contributed by atoms with van der Waals surface area (Å²) in [5.74, 6) is 1.13. The third-order valence-electron chi connectivity index (χ3n) is 1.86. The molecule has 0 atom stereocenters. The quantitative estimate of drug-likeness (QED) is 0.417. The van der Waals surface area contributed by atoms with E-state index in [4.69, 9.17) is 10.1 Å². The monoisotopic (exact) mass is 185 g/mol. The van der Waals surface area contributed by atoms with Crippen LogP contribution < -0.4 is 0 Å². The summed E-state index contributed by atoms with van der Waals surface area (Å²) in [5, 5.41) is 7.25. The van der Waals surface area contributed by atoms with Gasteiger partial charge in [0.05, 0.1) is 7.11 Å². The lowest BCUT2D eigenvalue weighted by Gasteiger charge is -2.15. The molecule has 0 aliphatic heterocycles. The Balaban J connectivity index is 4.54. The van der Waals surface area contributed by atoms with Gasteiger partial charge in [-0.05, 0) is 18.9 Å². The first-order valence-electron chi connectivity index (χ1n) is 4.52. The van der Waals surface area contributed by atoms with Crippen LogP contribution in [0.4, 0.5) is 0 Å². The average Bonchev–Trinajstić information content (AvgIpc) is 2.11. The molecule has 0 aromatic heterocycles. The van der Waals surface area contributed by atoms with Crippen LogP contribution in [-0.4, -0.2) is 13.2 Å². The van der Waals surface area contributed by atoms with Gasteiger partial charge in [-0.3, -0.25) is 0 Å². The van der Waals surface area contributed by atoms with Gasteiger partial charge in [-0.15, -0.1) is 0 Å². The van der Waals surface area contributed by atoms with E-state index >= 15 is 0 Å². The molecule has 13 heavy (non-hydrogen) atoms. The first-order chi connectivity index (χ1) is 6.02. The number of allylic oxidation sites excluding steroid dienone is 2. The molecule has 0 amide bonds. The Morgan fingerprint density at radius 2 is 1.92 bits per heavy atom. The van der Waals surface area contributed by atoms with Crippen molar-refractivity contribution >= 4 is 6.08 Å². The van der Waals surface area contributed by atoms with Crippen LogP contribution in [0, 0.1) is 11.3 Å². The van der Waals surface area contributed by atoms with Gasteiger partial charge in [-0.25, -0.2) is 5.41 Å². The Morgan fingerprint density at radius 1 is 1.38 bits per heavy atom. The number of hydrogen-bond acceptors (Lipinski definition) is 3. The number of hydrogen-bond donors (Lipinski definition) is 1. The minimum Gasteiger partial charge on any atom is -0.454 e. The van der Waals surface area contributed by atoms with Crippen molar-refractivity contribution < 1.29 is 9.47 Å². The van der Waals surface area contributed by atoms with Crippen LogP contribution in [0.1, 0.15) is 34.1 Å². The third-order valence-corrected chi connectivity index (χ3v) is 1.86. The second kappa shape index (κ2) is 5.62. The molecule has 0 aromatic carbocycles. The smallest absolute Gasteiger partial charge is 0.385 e. The Hall–Kier alpha value is -0.990. The summed E-state index contributed by atoms with van der Waals surface area (Å²) >= 11 is 0. The number of nitrogens with one attached hydrogen (secondary N) is 1. The summed E-state index contributed by atoms with van der Waals surface area (Å²) < 4.78 is 9.91. The molecule has 0 unspecified atom stereocenters. The number of ether oxygens (including phenoxy) is 2. The summed E-state index contributed by atoms with van der Waals surface area (Å²) in [4.78, 5) is 0. The molecule has 0 saturated carbocycles. The zero-order chi connectivity index (χ0) is 10.4. The average molecular weight is 185 g/mol. The molecule has 0 rings (SSSR count). The van der Waals surface area contributed by atoms with E-state index in [9.17, 15) is 0 Å². The molecule has 3 heteroatoms. The van der Waals surface area contributed by atoms with Crippen molar-refractivity contribution in [3.63, 3.8) is 0 Å². The van der Waals surface area contributed by atoms with Crippen LogP contribution in [0.5, 0.6) is 0 Å². The molecular weight excluding hydrogens is 166 g/mol. The van der Waals surface area contributed by atoms with Gasteiger partial charge in [0.1, 0.15) is 5.76 Å². The lowest BCUT2D eigenvalue weighted by Crippen LogP contribution is -2.10. The summed E-state index contributed by atoms with van der Waals surface area (Å²) in [6.07, 6.45) is 0.793. The highest BCUT2D eigenvalue weighted by Gasteiger charge is 2.11. The fourth-order valence-electron chi connectivity index (χ4n) is 1.01. The number of methoxy groups -OCH3 is 1. The van der Waals surface area contributed by atoms with Crippen LogP contribution in [0.25, 0.3) is 0 Å². The van der Waals surface area contributed by atoms with Crippen LogP contribution in [-0.2, 0) is 9.47 Å². The molecule has 76 valence electrons. The molecule has 0 saturated heterocycles. The molecule has 0 aliphatic rings. The van der Waals surface area contributed by atoms with E-state index in [0.29, 0.717) is 0 Å². The molecule has 3 nitrogen and oxygen atoms in total. The Labute approximate surface area is 80.2 Å². The van der Waals surface area contributed by atoms with Crippen molar-refractivity contribution in [3.8, 4) is 0 Å². The van der Waals surface area contributed by atoms with Crippen molar-refractivity contribution in [1.82, 2.24) is 0 Å². The zero-order valence-electron chi connectivity index (χ0n) is 9.10. The maximum absolute atomic E-state index is 7.25. The minimum absolute atomic E-state index is 0.142. The van der Waals surface area contributed by atoms with Crippen molar-refractivity contribution in [3.05, 3.63) is 11.3 Å². The van der Waals surface area contributed by atoms with Crippen LogP contribution in [0.3, 0.4) is 0 Å². The lowest BCUT2D eigenvalue weighted by atomic mass is 10.1. The molecule has 1 N–H and O–H groups in total. The Kier molecular flexibility index (Phi) is 5.19. The minimum atomic E-state index is -0.142. The van der Waals surface area contributed by atoms with Gasteiger partial charge in [-0.2, -0.15) is 0 Å². The molecule has 0 radical (unpaired) electrons. The highest BCUT2D eigenvalue weighted by molar-refractivity contribution is 5.64. The molecular formula is C10H19NO2. The second-order valence-electron chi connectivity index (χ2n) is 3.25. The van der Waals surface area contributed by atoms with Crippen molar-refractivity contribution in [2.75, 3.05) is 7.11 Å². The van der Waals surface area contributed by atoms with Gasteiger partial charge in [0.15, 0.2) is 0 Å². The molecule has 0 aromatic rings. The normalized spacial score (nSPS) is 12.5. The highest BCUT2D eigenvalue weighted by Crippen LogP contribution is 2.18. The summed E-state index contributed by atoms with van der Waals surface area (Å²) in [7, 11) is 1.43. The summed E-state index contributed by atoms with van der Waals surface area (Å²) in [5.41, 5.74) is 1.16. The largest absolute Gasteiger partial charge is 0.454 e. The fraction of sp³-hybridized carbons (Fsp3) is 0.700. The molecule has 0 aliphatic carbocycles. The van der Waals surface area contributed by atoms with Gasteiger partial charge in [0, 0.05) is 5.92 Å². The maximum atomic E-state index is 7.25.